The van der Waals surface area contributed by atoms with Crippen LogP contribution in [0.4, 0.5) is 0 Å². The Morgan fingerprint density at radius 3 is 2.80 bits per heavy atom. The summed E-state index contributed by atoms with van der Waals surface area (Å²) in [7, 11) is 0. The first-order valence-electron chi connectivity index (χ1n) is 6.13. The molecule has 1 saturated carbocycles. The minimum atomic E-state index is 0.0351. The molecule has 0 aromatic heterocycles. The fourth-order valence-electron chi connectivity index (χ4n) is 3.08. The van der Waals surface area contributed by atoms with E-state index in [1.807, 2.05) is 6.92 Å². The monoisotopic (exact) mass is 211 g/mol. The standard InChI is InChI=1S/C12H21NO2/c1-2-15-11(14)10-3-4-12(9-10)5-7-13-8-6-12/h10,13H,2-9H2,1H3. The smallest absolute Gasteiger partial charge is 0.308 e. The Hall–Kier alpha value is -0.570. The first kappa shape index (κ1) is 10.9. The van der Waals surface area contributed by atoms with Crippen LogP contribution in [0.2, 0.25) is 0 Å². The summed E-state index contributed by atoms with van der Waals surface area (Å²) in [4.78, 5) is 11.6. The Labute approximate surface area is 91.6 Å². The van der Waals surface area contributed by atoms with Crippen LogP contribution in [0, 0.1) is 11.3 Å². The van der Waals surface area contributed by atoms with Crippen LogP contribution in [-0.2, 0) is 9.53 Å². The minimum Gasteiger partial charge on any atom is -0.466 e. The third-order valence-corrected chi connectivity index (χ3v) is 3.99. The van der Waals surface area contributed by atoms with E-state index in [1.54, 1.807) is 0 Å². The summed E-state index contributed by atoms with van der Waals surface area (Å²) in [6, 6.07) is 0. The largest absolute Gasteiger partial charge is 0.466 e. The molecule has 1 spiro atoms. The molecule has 2 fully saturated rings. The maximum Gasteiger partial charge on any atom is 0.308 e. The van der Waals surface area contributed by atoms with Gasteiger partial charge in [0.1, 0.15) is 0 Å². The normalized spacial score (nSPS) is 29.3. The van der Waals surface area contributed by atoms with Crippen LogP contribution in [0.25, 0.3) is 0 Å². The molecule has 3 nitrogen and oxygen atoms in total. The van der Waals surface area contributed by atoms with Gasteiger partial charge in [0.15, 0.2) is 0 Å². The van der Waals surface area contributed by atoms with Crippen LogP contribution in [0.1, 0.15) is 39.0 Å². The van der Waals surface area contributed by atoms with Gasteiger partial charge in [-0.1, -0.05) is 0 Å². The molecule has 3 heteroatoms. The number of carbonyl (C=O) groups excluding carboxylic acids is 1. The van der Waals surface area contributed by atoms with Gasteiger partial charge < -0.3 is 10.1 Å². The molecule has 0 aromatic carbocycles. The van der Waals surface area contributed by atoms with Crippen molar-refractivity contribution < 1.29 is 9.53 Å². The van der Waals surface area contributed by atoms with Crippen LogP contribution in [0.15, 0.2) is 0 Å². The third kappa shape index (κ3) is 2.33. The zero-order chi connectivity index (χ0) is 10.7. The number of hydrogen-bond donors (Lipinski definition) is 1. The first-order chi connectivity index (χ1) is 7.26. The van der Waals surface area contributed by atoms with E-state index in [9.17, 15) is 4.79 Å². The second kappa shape index (κ2) is 4.52. The second-order valence-corrected chi connectivity index (χ2v) is 4.94. The van der Waals surface area contributed by atoms with Crippen LogP contribution in [-0.4, -0.2) is 25.7 Å². The highest BCUT2D eigenvalue weighted by Crippen LogP contribution is 2.48. The molecule has 0 bridgehead atoms. The lowest BCUT2D eigenvalue weighted by atomic mass is 9.77. The molecule has 1 unspecified atom stereocenters. The lowest BCUT2D eigenvalue weighted by Crippen LogP contribution is -2.35. The van der Waals surface area contributed by atoms with Crippen molar-refractivity contribution in [3.8, 4) is 0 Å². The second-order valence-electron chi connectivity index (χ2n) is 4.94. The van der Waals surface area contributed by atoms with Crippen LogP contribution in [0.5, 0.6) is 0 Å². The molecule has 0 aromatic rings. The van der Waals surface area contributed by atoms with E-state index in [-0.39, 0.29) is 11.9 Å². The third-order valence-electron chi connectivity index (χ3n) is 3.99. The summed E-state index contributed by atoms with van der Waals surface area (Å²) in [5.41, 5.74) is 0.461. The van der Waals surface area contributed by atoms with E-state index in [0.717, 1.165) is 25.9 Å². The van der Waals surface area contributed by atoms with Crippen molar-refractivity contribution in [2.24, 2.45) is 11.3 Å². The van der Waals surface area contributed by atoms with Crippen molar-refractivity contribution in [1.29, 1.82) is 0 Å². The Balaban J connectivity index is 1.90. The first-order valence-corrected chi connectivity index (χ1v) is 6.13. The summed E-state index contributed by atoms with van der Waals surface area (Å²) >= 11 is 0. The zero-order valence-electron chi connectivity index (χ0n) is 9.55. The van der Waals surface area contributed by atoms with Gasteiger partial charge in [-0.15, -0.1) is 0 Å². The molecule has 86 valence electrons. The Morgan fingerprint density at radius 2 is 2.13 bits per heavy atom. The predicted octanol–water partition coefficient (Wildman–Crippen LogP) is 1.72. The number of nitrogens with one attached hydrogen (secondary N) is 1. The Kier molecular flexibility index (Phi) is 3.29. The molecule has 15 heavy (non-hydrogen) atoms. The average molecular weight is 211 g/mol. The van der Waals surface area contributed by atoms with E-state index in [0.29, 0.717) is 12.0 Å². The number of hydrogen-bond acceptors (Lipinski definition) is 3. The fraction of sp³-hybridized carbons (Fsp3) is 0.917. The zero-order valence-corrected chi connectivity index (χ0v) is 9.55. The highest BCUT2D eigenvalue weighted by Gasteiger charge is 2.42. The Morgan fingerprint density at radius 1 is 1.40 bits per heavy atom. The van der Waals surface area contributed by atoms with Crippen molar-refractivity contribution in [3.05, 3.63) is 0 Å². The molecule has 1 heterocycles. The SMILES string of the molecule is CCOC(=O)C1CCC2(CCNCC2)C1. The fourth-order valence-corrected chi connectivity index (χ4v) is 3.08. The van der Waals surface area contributed by atoms with Crippen molar-refractivity contribution in [1.82, 2.24) is 5.32 Å². The highest BCUT2D eigenvalue weighted by atomic mass is 16.5. The topological polar surface area (TPSA) is 38.3 Å². The Bertz CT molecular complexity index is 234. The minimum absolute atomic E-state index is 0.0351. The molecule has 0 radical (unpaired) electrons. The van der Waals surface area contributed by atoms with E-state index in [2.05, 4.69) is 5.32 Å². The molecule has 2 rings (SSSR count). The molecule has 0 amide bonds. The maximum absolute atomic E-state index is 11.6. The van der Waals surface area contributed by atoms with Crippen LogP contribution < -0.4 is 5.32 Å². The number of esters is 1. The lowest BCUT2D eigenvalue weighted by Gasteiger charge is -2.33. The van der Waals surface area contributed by atoms with Crippen molar-refractivity contribution in [2.75, 3.05) is 19.7 Å². The van der Waals surface area contributed by atoms with Gasteiger partial charge in [-0.2, -0.15) is 0 Å². The van der Waals surface area contributed by atoms with Crippen molar-refractivity contribution >= 4 is 5.97 Å². The van der Waals surface area contributed by atoms with Gasteiger partial charge in [-0.05, 0) is 57.5 Å². The number of ether oxygens (including phenoxy) is 1. The molecule has 1 N–H and O–H groups in total. The number of piperidine rings is 1. The van der Waals surface area contributed by atoms with E-state index < -0.39 is 0 Å². The van der Waals surface area contributed by atoms with E-state index in [4.69, 9.17) is 4.74 Å². The molecule has 1 aliphatic heterocycles. The maximum atomic E-state index is 11.6. The van der Waals surface area contributed by atoms with Crippen molar-refractivity contribution in [3.63, 3.8) is 0 Å². The highest BCUT2D eigenvalue weighted by molar-refractivity contribution is 5.72. The molecule has 1 saturated heterocycles. The van der Waals surface area contributed by atoms with E-state index in [1.165, 1.54) is 19.3 Å². The van der Waals surface area contributed by atoms with Gasteiger partial charge in [0.05, 0.1) is 12.5 Å². The van der Waals surface area contributed by atoms with Gasteiger partial charge in [0, 0.05) is 0 Å². The molecule has 1 aliphatic carbocycles. The summed E-state index contributed by atoms with van der Waals surface area (Å²) in [5, 5.41) is 3.39. The van der Waals surface area contributed by atoms with Gasteiger partial charge in [-0.3, -0.25) is 4.79 Å². The van der Waals surface area contributed by atoms with Gasteiger partial charge in [-0.25, -0.2) is 0 Å². The number of carbonyl (C=O) groups is 1. The summed E-state index contributed by atoms with van der Waals surface area (Å²) in [6.45, 7) is 4.64. The summed E-state index contributed by atoms with van der Waals surface area (Å²) in [6.07, 6.45) is 5.80. The summed E-state index contributed by atoms with van der Waals surface area (Å²) in [5.74, 6) is 0.218. The number of rotatable bonds is 2. The van der Waals surface area contributed by atoms with Crippen molar-refractivity contribution in [2.45, 2.75) is 39.0 Å². The van der Waals surface area contributed by atoms with E-state index >= 15 is 0 Å². The van der Waals surface area contributed by atoms with Crippen LogP contribution >= 0.6 is 0 Å². The van der Waals surface area contributed by atoms with Gasteiger partial charge in [0.25, 0.3) is 0 Å². The summed E-state index contributed by atoms with van der Waals surface area (Å²) < 4.78 is 5.11. The van der Waals surface area contributed by atoms with Gasteiger partial charge >= 0.3 is 5.97 Å². The molecule has 1 atom stereocenters. The quantitative estimate of drug-likeness (QED) is 0.707. The van der Waals surface area contributed by atoms with Crippen LogP contribution in [0.3, 0.4) is 0 Å². The molecular formula is C12H21NO2. The molecule has 2 aliphatic rings. The lowest BCUT2D eigenvalue weighted by molar-refractivity contribution is -0.148. The average Bonchev–Trinajstić information content (AvgIpc) is 2.64. The van der Waals surface area contributed by atoms with Gasteiger partial charge in [0.2, 0.25) is 0 Å². The predicted molar refractivity (Wildman–Crippen MR) is 58.5 cm³/mol. The molecular weight excluding hydrogens is 190 g/mol.